The second-order valence-corrected chi connectivity index (χ2v) is 7.31. The Kier molecular flexibility index (Phi) is 5.35. The summed E-state index contributed by atoms with van der Waals surface area (Å²) >= 11 is 0. The first-order valence-electron chi connectivity index (χ1n) is 8.95. The van der Waals surface area contributed by atoms with Crippen LogP contribution in [0, 0.1) is 17.7 Å². The van der Waals surface area contributed by atoms with Gasteiger partial charge in [-0.25, -0.2) is 4.39 Å². The molecule has 2 unspecified atom stereocenters. The molecule has 3 rings (SSSR count). The van der Waals surface area contributed by atoms with Crippen molar-refractivity contribution in [2.24, 2.45) is 11.8 Å². The smallest absolute Gasteiger partial charge is 0.146 e. The van der Waals surface area contributed by atoms with Gasteiger partial charge in [0.05, 0.1) is 5.69 Å². The highest BCUT2D eigenvalue weighted by Crippen LogP contribution is 2.27. The predicted molar refractivity (Wildman–Crippen MR) is 90.8 cm³/mol. The van der Waals surface area contributed by atoms with Gasteiger partial charge in [-0.2, -0.15) is 0 Å². The lowest BCUT2D eigenvalue weighted by Crippen LogP contribution is -2.50. The summed E-state index contributed by atoms with van der Waals surface area (Å²) in [5.74, 6) is 1.37. The van der Waals surface area contributed by atoms with Crippen LogP contribution in [0.4, 0.5) is 10.1 Å². The second kappa shape index (κ2) is 7.45. The molecule has 2 aliphatic rings. The Balaban J connectivity index is 1.57. The van der Waals surface area contributed by atoms with Crippen molar-refractivity contribution in [2.75, 3.05) is 24.5 Å². The summed E-state index contributed by atoms with van der Waals surface area (Å²) in [6, 6.07) is 7.67. The standard InChI is InChI=1S/C19H29FN2/c1-15-11-17(21-12-16-7-3-2-4-8-16)14-22(13-15)19-10-6-5-9-18(19)20/h5-6,9-10,15-17,21H,2-4,7-8,11-14H2,1H3. The van der Waals surface area contributed by atoms with Crippen LogP contribution in [0.1, 0.15) is 45.4 Å². The number of hydrogen-bond acceptors (Lipinski definition) is 2. The summed E-state index contributed by atoms with van der Waals surface area (Å²) < 4.78 is 14.0. The molecule has 22 heavy (non-hydrogen) atoms. The van der Waals surface area contributed by atoms with Crippen LogP contribution in [0.25, 0.3) is 0 Å². The molecule has 0 amide bonds. The largest absolute Gasteiger partial charge is 0.367 e. The Morgan fingerprint density at radius 2 is 1.91 bits per heavy atom. The molecule has 1 N–H and O–H groups in total. The lowest BCUT2D eigenvalue weighted by atomic mass is 9.88. The summed E-state index contributed by atoms with van der Waals surface area (Å²) in [6.45, 7) is 5.31. The van der Waals surface area contributed by atoms with Crippen molar-refractivity contribution >= 4 is 5.69 Å². The first-order valence-corrected chi connectivity index (χ1v) is 8.95. The number of benzene rings is 1. The maximum atomic E-state index is 14.0. The van der Waals surface area contributed by atoms with E-state index < -0.39 is 0 Å². The van der Waals surface area contributed by atoms with Crippen LogP contribution < -0.4 is 10.2 Å². The number of hydrogen-bond donors (Lipinski definition) is 1. The Bertz CT molecular complexity index is 470. The average Bonchev–Trinajstić information content (AvgIpc) is 2.54. The van der Waals surface area contributed by atoms with Crippen molar-refractivity contribution < 1.29 is 4.39 Å². The van der Waals surface area contributed by atoms with E-state index in [-0.39, 0.29) is 5.82 Å². The molecule has 1 aromatic rings. The molecule has 0 radical (unpaired) electrons. The van der Waals surface area contributed by atoms with Gasteiger partial charge in [-0.1, -0.05) is 38.3 Å². The van der Waals surface area contributed by atoms with Crippen LogP contribution in [0.3, 0.4) is 0 Å². The molecule has 2 atom stereocenters. The van der Waals surface area contributed by atoms with E-state index in [0.29, 0.717) is 12.0 Å². The Morgan fingerprint density at radius 1 is 1.14 bits per heavy atom. The molecule has 1 aromatic carbocycles. The number of rotatable bonds is 4. The molecule has 0 aromatic heterocycles. The van der Waals surface area contributed by atoms with Crippen LogP contribution in [0.5, 0.6) is 0 Å². The second-order valence-electron chi connectivity index (χ2n) is 7.31. The molecule has 3 heteroatoms. The lowest BCUT2D eigenvalue weighted by Gasteiger charge is -2.39. The third-order valence-corrected chi connectivity index (χ3v) is 5.27. The van der Waals surface area contributed by atoms with Crippen molar-refractivity contribution in [3.63, 3.8) is 0 Å². The zero-order chi connectivity index (χ0) is 15.4. The molecule has 122 valence electrons. The van der Waals surface area contributed by atoms with Crippen LogP contribution in [-0.2, 0) is 0 Å². The number of nitrogens with one attached hydrogen (secondary N) is 1. The Labute approximate surface area is 134 Å². The van der Waals surface area contributed by atoms with Crippen molar-refractivity contribution in [1.29, 1.82) is 0 Å². The third-order valence-electron chi connectivity index (χ3n) is 5.27. The van der Waals surface area contributed by atoms with E-state index in [1.165, 1.54) is 38.5 Å². The molecule has 1 saturated carbocycles. The van der Waals surface area contributed by atoms with Crippen molar-refractivity contribution in [1.82, 2.24) is 5.32 Å². The van der Waals surface area contributed by atoms with Gasteiger partial charge in [0, 0.05) is 19.1 Å². The fourth-order valence-corrected chi connectivity index (χ4v) is 4.13. The lowest BCUT2D eigenvalue weighted by molar-refractivity contribution is 0.294. The van der Waals surface area contributed by atoms with E-state index in [9.17, 15) is 4.39 Å². The normalized spacial score (nSPS) is 27.1. The van der Waals surface area contributed by atoms with Crippen molar-refractivity contribution in [3.05, 3.63) is 30.1 Å². The van der Waals surface area contributed by atoms with E-state index >= 15 is 0 Å². The molecule has 0 bridgehead atoms. The minimum Gasteiger partial charge on any atom is -0.367 e. The summed E-state index contributed by atoms with van der Waals surface area (Å²) in [5, 5.41) is 3.78. The van der Waals surface area contributed by atoms with Crippen LogP contribution >= 0.6 is 0 Å². The van der Waals surface area contributed by atoms with E-state index in [1.54, 1.807) is 12.1 Å². The van der Waals surface area contributed by atoms with Gasteiger partial charge in [-0.15, -0.1) is 0 Å². The van der Waals surface area contributed by atoms with Gasteiger partial charge in [0.2, 0.25) is 0 Å². The molecule has 1 aliphatic heterocycles. The summed E-state index contributed by atoms with van der Waals surface area (Å²) in [7, 11) is 0. The maximum Gasteiger partial charge on any atom is 0.146 e. The van der Waals surface area contributed by atoms with Gasteiger partial charge in [0.25, 0.3) is 0 Å². The number of anilines is 1. The number of halogens is 1. The van der Waals surface area contributed by atoms with Crippen LogP contribution in [0.2, 0.25) is 0 Å². The highest BCUT2D eigenvalue weighted by atomic mass is 19.1. The van der Waals surface area contributed by atoms with Gasteiger partial charge in [-0.3, -0.25) is 0 Å². The molecule has 1 saturated heterocycles. The molecule has 2 fully saturated rings. The highest BCUT2D eigenvalue weighted by Gasteiger charge is 2.26. The van der Waals surface area contributed by atoms with E-state index in [0.717, 1.165) is 31.2 Å². The Morgan fingerprint density at radius 3 is 2.68 bits per heavy atom. The van der Waals surface area contributed by atoms with Gasteiger partial charge in [-0.05, 0) is 49.8 Å². The SMILES string of the molecule is CC1CC(NCC2CCCCC2)CN(c2ccccc2F)C1. The molecule has 1 heterocycles. The van der Waals surface area contributed by atoms with Crippen molar-refractivity contribution in [3.8, 4) is 0 Å². The van der Waals surface area contributed by atoms with E-state index in [2.05, 4.69) is 17.1 Å². The van der Waals surface area contributed by atoms with Gasteiger partial charge < -0.3 is 10.2 Å². The molecular weight excluding hydrogens is 275 g/mol. The highest BCUT2D eigenvalue weighted by molar-refractivity contribution is 5.48. The fraction of sp³-hybridized carbons (Fsp3) is 0.684. The van der Waals surface area contributed by atoms with Crippen LogP contribution in [-0.4, -0.2) is 25.7 Å². The van der Waals surface area contributed by atoms with Gasteiger partial charge in [0.15, 0.2) is 0 Å². The fourth-order valence-electron chi connectivity index (χ4n) is 4.13. The minimum atomic E-state index is -0.0948. The molecular formula is C19H29FN2. The van der Waals surface area contributed by atoms with Crippen LogP contribution in [0.15, 0.2) is 24.3 Å². The van der Waals surface area contributed by atoms with Crippen molar-refractivity contribution in [2.45, 2.75) is 51.5 Å². The zero-order valence-corrected chi connectivity index (χ0v) is 13.7. The van der Waals surface area contributed by atoms with E-state index in [1.807, 2.05) is 12.1 Å². The predicted octanol–water partition coefficient (Wildman–Crippen LogP) is 4.21. The number of piperidine rings is 1. The first-order chi connectivity index (χ1) is 10.7. The first kappa shape index (κ1) is 15.8. The topological polar surface area (TPSA) is 15.3 Å². The summed E-state index contributed by atoms with van der Waals surface area (Å²) in [5.41, 5.74) is 0.763. The number of nitrogens with zero attached hydrogens (tertiary/aromatic N) is 1. The molecule has 2 nitrogen and oxygen atoms in total. The monoisotopic (exact) mass is 304 g/mol. The van der Waals surface area contributed by atoms with Gasteiger partial charge in [0.1, 0.15) is 5.82 Å². The Hall–Kier alpha value is -1.09. The zero-order valence-electron chi connectivity index (χ0n) is 13.7. The minimum absolute atomic E-state index is 0.0948. The summed E-state index contributed by atoms with van der Waals surface area (Å²) in [4.78, 5) is 2.22. The third kappa shape index (κ3) is 4.01. The molecule has 0 spiro atoms. The average molecular weight is 304 g/mol. The van der Waals surface area contributed by atoms with E-state index in [4.69, 9.17) is 0 Å². The molecule has 1 aliphatic carbocycles. The maximum absolute atomic E-state index is 14.0. The quantitative estimate of drug-likeness (QED) is 0.896. The summed E-state index contributed by atoms with van der Waals surface area (Å²) in [6.07, 6.45) is 8.18. The van der Waals surface area contributed by atoms with Gasteiger partial charge >= 0.3 is 0 Å². The number of para-hydroxylation sites is 1.